The third-order valence-corrected chi connectivity index (χ3v) is 6.18. The first kappa shape index (κ1) is 21.3. The van der Waals surface area contributed by atoms with Crippen molar-refractivity contribution in [3.63, 3.8) is 0 Å². The van der Waals surface area contributed by atoms with Gasteiger partial charge in [-0.3, -0.25) is 9.59 Å². The molecule has 1 heterocycles. The van der Waals surface area contributed by atoms with Gasteiger partial charge in [-0.1, -0.05) is 11.6 Å². The highest BCUT2D eigenvalue weighted by Gasteiger charge is 2.27. The Morgan fingerprint density at radius 1 is 1.19 bits per heavy atom. The zero-order valence-corrected chi connectivity index (χ0v) is 16.4. The number of nitrogens with zero attached hydrogens (tertiary/aromatic N) is 1. The lowest BCUT2D eigenvalue weighted by Gasteiger charge is -2.16. The summed E-state index contributed by atoms with van der Waals surface area (Å²) in [5.74, 6) is -1.49. The summed E-state index contributed by atoms with van der Waals surface area (Å²) in [5, 5.41) is 2.59. The van der Waals surface area contributed by atoms with Gasteiger partial charge in [-0.05, 0) is 38.0 Å². The molecule has 8 nitrogen and oxygen atoms in total. The molecule has 0 aromatic heterocycles. The predicted octanol–water partition coefficient (Wildman–Crippen LogP) is 1.98. The van der Waals surface area contributed by atoms with Gasteiger partial charge in [0.15, 0.2) is 6.61 Å². The lowest BCUT2D eigenvalue weighted by molar-refractivity contribution is -0.148. The minimum Gasteiger partial charge on any atom is -0.456 e. The van der Waals surface area contributed by atoms with E-state index in [1.165, 1.54) is 29.4 Å². The highest BCUT2D eigenvalue weighted by molar-refractivity contribution is 7.89. The normalized spacial score (nSPS) is 14.7. The predicted molar refractivity (Wildman–Crippen MR) is 98.9 cm³/mol. The van der Waals surface area contributed by atoms with E-state index in [4.69, 9.17) is 16.3 Å². The molecular weight excluding hydrogens is 396 g/mol. The smallest absolute Gasteiger partial charge is 0.306 e. The molecule has 0 bridgehead atoms. The molecule has 1 aromatic rings. The number of sulfonamides is 1. The third kappa shape index (κ3) is 6.02. The summed E-state index contributed by atoms with van der Waals surface area (Å²) in [6.45, 7) is 1.72. The topological polar surface area (TPSA) is 110 Å². The monoisotopic (exact) mass is 416 g/mol. The molecule has 1 amide bonds. The Balaban J connectivity index is 2.00. The highest BCUT2D eigenvalue weighted by atomic mass is 35.5. The summed E-state index contributed by atoms with van der Waals surface area (Å²) >= 11 is 6.03. The van der Waals surface area contributed by atoms with Crippen molar-refractivity contribution < 1.29 is 27.5 Å². The van der Waals surface area contributed by atoms with Gasteiger partial charge in [0, 0.05) is 19.5 Å². The van der Waals surface area contributed by atoms with Crippen LogP contribution < -0.4 is 5.32 Å². The van der Waals surface area contributed by atoms with Gasteiger partial charge >= 0.3 is 5.97 Å². The highest BCUT2D eigenvalue weighted by Crippen LogP contribution is 2.28. The van der Waals surface area contributed by atoms with E-state index < -0.39 is 28.5 Å². The van der Waals surface area contributed by atoms with Crippen LogP contribution in [0.25, 0.3) is 0 Å². The number of anilines is 1. The van der Waals surface area contributed by atoms with Gasteiger partial charge in [0.05, 0.1) is 22.0 Å². The minimum atomic E-state index is -3.65. The third-order valence-electron chi connectivity index (χ3n) is 3.96. The van der Waals surface area contributed by atoms with Gasteiger partial charge in [0.25, 0.3) is 5.91 Å². The van der Waals surface area contributed by atoms with E-state index in [0.717, 1.165) is 12.8 Å². The molecule has 0 spiro atoms. The quantitative estimate of drug-likeness (QED) is 0.649. The molecule has 0 radical (unpaired) electrons. The van der Waals surface area contributed by atoms with Crippen LogP contribution in [0.1, 0.15) is 32.6 Å². The van der Waals surface area contributed by atoms with Crippen molar-refractivity contribution in [3.8, 4) is 0 Å². The number of hydrogen-bond donors (Lipinski definition) is 1. The SMILES string of the molecule is CC(=O)CCC(=O)OCC(=O)Nc1cc(S(=O)(=O)N2CCCC2)ccc1Cl. The standard InChI is InChI=1S/C17H21ClN2O6S/c1-12(21)4-7-17(23)26-11-16(22)19-15-10-13(5-6-14(15)18)27(24,25)20-8-2-3-9-20/h5-6,10H,2-4,7-9,11H2,1H3,(H,19,22). The van der Waals surface area contributed by atoms with E-state index in [1.807, 2.05) is 0 Å². The summed E-state index contributed by atoms with van der Waals surface area (Å²) in [5.41, 5.74) is 0.113. The van der Waals surface area contributed by atoms with Crippen LogP contribution >= 0.6 is 11.6 Å². The van der Waals surface area contributed by atoms with Crippen LogP contribution in [0.2, 0.25) is 5.02 Å². The van der Waals surface area contributed by atoms with Crippen LogP contribution in [0.5, 0.6) is 0 Å². The summed E-state index contributed by atoms with van der Waals surface area (Å²) in [6.07, 6.45) is 1.56. The lowest BCUT2D eigenvalue weighted by Crippen LogP contribution is -2.28. The number of amides is 1. The average Bonchev–Trinajstić information content (AvgIpc) is 3.15. The van der Waals surface area contributed by atoms with Crippen molar-refractivity contribution in [2.75, 3.05) is 25.0 Å². The minimum absolute atomic E-state index is 0.0301. The second kappa shape index (κ2) is 9.29. The van der Waals surface area contributed by atoms with Crippen molar-refractivity contribution in [2.24, 2.45) is 0 Å². The lowest BCUT2D eigenvalue weighted by atomic mass is 10.2. The molecule has 0 atom stereocenters. The number of benzene rings is 1. The van der Waals surface area contributed by atoms with Gasteiger partial charge in [0.1, 0.15) is 5.78 Å². The Morgan fingerprint density at radius 2 is 1.85 bits per heavy atom. The molecule has 1 aromatic carbocycles. The van der Waals surface area contributed by atoms with Crippen molar-refractivity contribution in [1.29, 1.82) is 0 Å². The van der Waals surface area contributed by atoms with E-state index in [-0.39, 0.29) is 34.2 Å². The molecule has 1 aliphatic rings. The van der Waals surface area contributed by atoms with Crippen LogP contribution in [0.15, 0.2) is 23.1 Å². The summed E-state index contributed by atoms with van der Waals surface area (Å²) in [6, 6.07) is 4.05. The molecule has 2 rings (SSSR count). The molecule has 0 saturated carbocycles. The van der Waals surface area contributed by atoms with Gasteiger partial charge in [-0.2, -0.15) is 4.31 Å². The van der Waals surface area contributed by atoms with E-state index in [0.29, 0.717) is 13.1 Å². The van der Waals surface area contributed by atoms with E-state index >= 15 is 0 Å². The number of carbonyl (C=O) groups excluding carboxylic acids is 3. The van der Waals surface area contributed by atoms with Crippen LogP contribution in [0.4, 0.5) is 5.69 Å². The molecule has 27 heavy (non-hydrogen) atoms. The second-order valence-corrected chi connectivity index (χ2v) is 8.51. The molecule has 0 aliphatic carbocycles. The Labute approximate surface area is 162 Å². The average molecular weight is 417 g/mol. The van der Waals surface area contributed by atoms with Crippen molar-refractivity contribution in [1.82, 2.24) is 4.31 Å². The maximum absolute atomic E-state index is 12.6. The van der Waals surface area contributed by atoms with Crippen LogP contribution in [-0.4, -0.2) is 50.1 Å². The molecule has 10 heteroatoms. The fraction of sp³-hybridized carbons (Fsp3) is 0.471. The number of rotatable bonds is 8. The van der Waals surface area contributed by atoms with Crippen LogP contribution in [-0.2, 0) is 29.1 Å². The first-order valence-corrected chi connectivity index (χ1v) is 10.3. The number of ketones is 1. The zero-order valence-electron chi connectivity index (χ0n) is 14.9. The zero-order chi connectivity index (χ0) is 20.0. The van der Waals surface area contributed by atoms with Crippen molar-refractivity contribution >= 4 is 45.0 Å². The Kier molecular flexibility index (Phi) is 7.34. The molecule has 1 saturated heterocycles. The number of nitrogens with one attached hydrogen (secondary N) is 1. The van der Waals surface area contributed by atoms with Gasteiger partial charge in [-0.15, -0.1) is 0 Å². The van der Waals surface area contributed by atoms with Gasteiger partial charge < -0.3 is 14.8 Å². The Bertz CT molecular complexity index is 834. The van der Waals surface area contributed by atoms with Crippen molar-refractivity contribution in [2.45, 2.75) is 37.5 Å². The summed E-state index contributed by atoms with van der Waals surface area (Å²) in [7, 11) is -3.65. The van der Waals surface area contributed by atoms with Crippen molar-refractivity contribution in [3.05, 3.63) is 23.2 Å². The number of halogens is 1. The second-order valence-electron chi connectivity index (χ2n) is 6.16. The van der Waals surface area contributed by atoms with Crippen LogP contribution in [0, 0.1) is 0 Å². The molecule has 1 N–H and O–H groups in total. The molecule has 1 aliphatic heterocycles. The number of carbonyl (C=O) groups is 3. The summed E-state index contributed by atoms with van der Waals surface area (Å²) < 4.78 is 31.4. The van der Waals surface area contributed by atoms with E-state index in [1.54, 1.807) is 0 Å². The Morgan fingerprint density at radius 3 is 2.48 bits per heavy atom. The fourth-order valence-electron chi connectivity index (χ4n) is 2.52. The first-order chi connectivity index (χ1) is 12.7. The van der Waals surface area contributed by atoms with Crippen LogP contribution in [0.3, 0.4) is 0 Å². The number of Topliss-reactive ketones (excluding diaryl/α,β-unsaturated/α-hetero) is 1. The molecule has 0 unspecified atom stereocenters. The van der Waals surface area contributed by atoms with Gasteiger partial charge in [-0.25, -0.2) is 8.42 Å². The maximum Gasteiger partial charge on any atom is 0.306 e. The number of hydrogen-bond acceptors (Lipinski definition) is 6. The van der Waals surface area contributed by atoms with E-state index in [2.05, 4.69) is 5.32 Å². The number of ether oxygens (including phenoxy) is 1. The first-order valence-electron chi connectivity index (χ1n) is 8.45. The Hall–Kier alpha value is -1.97. The molecular formula is C17H21ClN2O6S. The molecule has 148 valence electrons. The molecule has 1 fully saturated rings. The summed E-state index contributed by atoms with van der Waals surface area (Å²) in [4.78, 5) is 34.2. The fourth-order valence-corrected chi connectivity index (χ4v) is 4.23. The van der Waals surface area contributed by atoms with E-state index in [9.17, 15) is 22.8 Å². The number of esters is 1. The largest absolute Gasteiger partial charge is 0.456 e. The van der Waals surface area contributed by atoms with Gasteiger partial charge in [0.2, 0.25) is 10.0 Å². The maximum atomic E-state index is 12.6.